The zero-order valence-corrected chi connectivity index (χ0v) is 18.0. The molecule has 0 radical (unpaired) electrons. The topological polar surface area (TPSA) is 93.1 Å². The van der Waals surface area contributed by atoms with Crippen LogP contribution in [0.5, 0.6) is 0 Å². The van der Waals surface area contributed by atoms with Crippen molar-refractivity contribution in [2.75, 3.05) is 6.26 Å². The standard InChI is InChI=1S/C19H29ClN4O3S/c1-3-4-5-24-17(20)15(11-21-24)18(25)22-16-13-6-12-7-14(16)10-19(8-12,9-13)23-28(2,26)27/h11-14,16,23H,3-10H2,1-2H3,(H,22,25). The maximum Gasteiger partial charge on any atom is 0.256 e. The van der Waals surface area contributed by atoms with Crippen molar-refractivity contribution in [2.45, 2.75) is 70.0 Å². The van der Waals surface area contributed by atoms with Crippen LogP contribution >= 0.6 is 11.6 Å². The van der Waals surface area contributed by atoms with Crippen LogP contribution in [0, 0.1) is 17.8 Å². The molecule has 4 fully saturated rings. The molecule has 2 atom stereocenters. The van der Waals surface area contributed by atoms with Crippen molar-refractivity contribution < 1.29 is 13.2 Å². The fourth-order valence-electron chi connectivity index (χ4n) is 5.99. The molecule has 9 heteroatoms. The van der Waals surface area contributed by atoms with Gasteiger partial charge >= 0.3 is 0 Å². The highest BCUT2D eigenvalue weighted by Gasteiger charge is 2.56. The quantitative estimate of drug-likeness (QED) is 0.697. The molecule has 1 heterocycles. The summed E-state index contributed by atoms with van der Waals surface area (Å²) in [5.41, 5.74) is 0.101. The predicted octanol–water partition coefficient (Wildman–Crippen LogP) is 2.56. The monoisotopic (exact) mass is 428 g/mol. The van der Waals surface area contributed by atoms with E-state index in [1.807, 2.05) is 0 Å². The van der Waals surface area contributed by atoms with Crippen LogP contribution in [-0.2, 0) is 16.6 Å². The lowest BCUT2D eigenvalue weighted by Crippen LogP contribution is -2.66. The van der Waals surface area contributed by atoms with Crippen LogP contribution in [0.4, 0.5) is 0 Å². The van der Waals surface area contributed by atoms with Gasteiger partial charge in [-0.3, -0.25) is 9.48 Å². The molecule has 7 nitrogen and oxygen atoms in total. The molecule has 0 aromatic carbocycles. The molecule has 4 saturated carbocycles. The number of unbranched alkanes of at least 4 members (excludes halogenated alkanes) is 1. The first-order valence-corrected chi connectivity index (χ1v) is 12.5. The number of hydrogen-bond acceptors (Lipinski definition) is 4. The number of carbonyl (C=O) groups excluding carboxylic acids is 1. The minimum Gasteiger partial charge on any atom is -0.349 e. The molecular weight excluding hydrogens is 400 g/mol. The van der Waals surface area contributed by atoms with E-state index in [4.69, 9.17) is 11.6 Å². The summed E-state index contributed by atoms with van der Waals surface area (Å²) in [6.07, 6.45) is 9.40. The van der Waals surface area contributed by atoms with Gasteiger partial charge in [0.05, 0.1) is 18.0 Å². The highest BCUT2D eigenvalue weighted by molar-refractivity contribution is 7.88. The first-order chi connectivity index (χ1) is 13.2. The summed E-state index contributed by atoms with van der Waals surface area (Å²) in [6.45, 7) is 2.81. The molecule has 0 aliphatic heterocycles. The first-order valence-electron chi connectivity index (χ1n) is 10.2. The molecule has 2 unspecified atom stereocenters. The van der Waals surface area contributed by atoms with Crippen molar-refractivity contribution in [1.29, 1.82) is 0 Å². The lowest BCUT2D eigenvalue weighted by molar-refractivity contribution is -0.0347. The molecule has 0 saturated heterocycles. The number of rotatable bonds is 7. The van der Waals surface area contributed by atoms with Crippen molar-refractivity contribution in [3.8, 4) is 0 Å². The van der Waals surface area contributed by atoms with Crippen molar-refractivity contribution in [1.82, 2.24) is 19.8 Å². The Morgan fingerprint density at radius 2 is 2.00 bits per heavy atom. The van der Waals surface area contributed by atoms with Gasteiger partial charge in [0, 0.05) is 18.1 Å². The van der Waals surface area contributed by atoms with E-state index in [0.29, 0.717) is 35.0 Å². The van der Waals surface area contributed by atoms with E-state index in [9.17, 15) is 13.2 Å². The summed E-state index contributed by atoms with van der Waals surface area (Å²) in [7, 11) is -3.25. The molecule has 2 N–H and O–H groups in total. The van der Waals surface area contributed by atoms with Crippen molar-refractivity contribution >= 4 is 27.5 Å². The average molecular weight is 429 g/mol. The number of sulfonamides is 1. The number of carbonyl (C=O) groups is 1. The van der Waals surface area contributed by atoms with E-state index in [-0.39, 0.29) is 17.5 Å². The molecule has 4 bridgehead atoms. The van der Waals surface area contributed by atoms with Gasteiger partial charge in [0.15, 0.2) is 0 Å². The average Bonchev–Trinajstić information content (AvgIpc) is 2.94. The summed E-state index contributed by atoms with van der Waals surface area (Å²) in [5.74, 6) is 0.979. The van der Waals surface area contributed by atoms with Crippen LogP contribution in [-0.4, -0.2) is 41.9 Å². The first kappa shape index (κ1) is 20.2. The number of halogens is 1. The third-order valence-corrected chi connectivity index (χ3v) is 7.92. The molecule has 1 amide bonds. The molecule has 4 aliphatic carbocycles. The predicted molar refractivity (Wildman–Crippen MR) is 108 cm³/mol. The zero-order valence-electron chi connectivity index (χ0n) is 16.4. The van der Waals surface area contributed by atoms with Crippen LogP contribution in [0.15, 0.2) is 6.20 Å². The van der Waals surface area contributed by atoms with Crippen molar-refractivity contribution in [3.05, 3.63) is 16.9 Å². The highest BCUT2D eigenvalue weighted by atomic mass is 35.5. The lowest BCUT2D eigenvalue weighted by atomic mass is 9.51. The van der Waals surface area contributed by atoms with Gasteiger partial charge in [-0.1, -0.05) is 24.9 Å². The van der Waals surface area contributed by atoms with Crippen molar-refractivity contribution in [2.24, 2.45) is 17.8 Å². The lowest BCUT2D eigenvalue weighted by Gasteiger charge is -2.59. The Kier molecular flexibility index (Phi) is 5.25. The number of aryl methyl sites for hydroxylation is 1. The maximum absolute atomic E-state index is 12.9. The summed E-state index contributed by atoms with van der Waals surface area (Å²) in [4.78, 5) is 12.9. The number of nitrogens with one attached hydrogen (secondary N) is 2. The second-order valence-electron chi connectivity index (χ2n) is 9.05. The minimum absolute atomic E-state index is 0.0774. The SMILES string of the molecule is CCCCn1ncc(C(=O)NC2C3CC4CC2CC(NS(C)(=O)=O)(C4)C3)c1Cl. The Morgan fingerprint density at radius 1 is 1.32 bits per heavy atom. The van der Waals surface area contributed by atoms with E-state index in [1.54, 1.807) is 10.9 Å². The Bertz CT molecular complexity index is 853. The molecule has 4 aliphatic rings. The molecule has 1 aromatic rings. The van der Waals surface area contributed by atoms with E-state index in [2.05, 4.69) is 22.1 Å². The molecule has 28 heavy (non-hydrogen) atoms. The second kappa shape index (κ2) is 7.29. The summed E-state index contributed by atoms with van der Waals surface area (Å²) in [5, 5.41) is 7.87. The van der Waals surface area contributed by atoms with Crippen LogP contribution in [0.2, 0.25) is 5.15 Å². The number of nitrogens with zero attached hydrogens (tertiary/aromatic N) is 2. The van der Waals surface area contributed by atoms with Gasteiger partial charge in [-0.05, 0) is 56.3 Å². The van der Waals surface area contributed by atoms with Gasteiger partial charge in [0.25, 0.3) is 5.91 Å². The van der Waals surface area contributed by atoms with E-state index < -0.39 is 10.0 Å². The minimum atomic E-state index is -3.25. The summed E-state index contributed by atoms with van der Waals surface area (Å²) < 4.78 is 28.3. The van der Waals surface area contributed by atoms with Crippen LogP contribution in [0.1, 0.15) is 62.2 Å². The van der Waals surface area contributed by atoms with E-state index in [1.165, 1.54) is 6.26 Å². The van der Waals surface area contributed by atoms with Gasteiger partial charge < -0.3 is 5.32 Å². The Hall–Kier alpha value is -1.12. The maximum atomic E-state index is 12.9. The molecule has 5 rings (SSSR count). The fraction of sp³-hybridized carbons (Fsp3) is 0.789. The van der Waals surface area contributed by atoms with Crippen molar-refractivity contribution in [3.63, 3.8) is 0 Å². The Balaban J connectivity index is 1.47. The van der Waals surface area contributed by atoms with Gasteiger partial charge in [-0.2, -0.15) is 5.10 Å². The van der Waals surface area contributed by atoms with Crippen LogP contribution in [0.25, 0.3) is 0 Å². The number of aromatic nitrogens is 2. The third-order valence-electron chi connectivity index (χ3n) is 6.72. The largest absolute Gasteiger partial charge is 0.349 e. The van der Waals surface area contributed by atoms with Gasteiger partial charge in [-0.25, -0.2) is 13.1 Å². The Morgan fingerprint density at radius 3 is 2.61 bits per heavy atom. The third kappa shape index (κ3) is 3.83. The van der Waals surface area contributed by atoms with Gasteiger partial charge in [0.2, 0.25) is 10.0 Å². The number of amides is 1. The summed E-state index contributed by atoms with van der Waals surface area (Å²) >= 11 is 6.38. The normalized spacial score (nSPS) is 34.0. The van der Waals surface area contributed by atoms with Gasteiger partial charge in [-0.15, -0.1) is 0 Å². The smallest absolute Gasteiger partial charge is 0.256 e. The molecule has 1 aromatic heterocycles. The summed E-state index contributed by atoms with van der Waals surface area (Å²) in [6, 6.07) is 0.0774. The molecule has 156 valence electrons. The Labute approximate surface area is 171 Å². The van der Waals surface area contributed by atoms with Crippen LogP contribution in [0.3, 0.4) is 0 Å². The fourth-order valence-corrected chi connectivity index (χ4v) is 7.29. The van der Waals surface area contributed by atoms with E-state index in [0.717, 1.165) is 44.9 Å². The molecular formula is C19H29ClN4O3S. The molecule has 0 spiro atoms. The van der Waals surface area contributed by atoms with Crippen LogP contribution < -0.4 is 10.0 Å². The van der Waals surface area contributed by atoms with Gasteiger partial charge in [0.1, 0.15) is 5.15 Å². The van der Waals surface area contributed by atoms with E-state index >= 15 is 0 Å². The highest BCUT2D eigenvalue weighted by Crippen LogP contribution is 2.56. The number of hydrogen-bond donors (Lipinski definition) is 2. The zero-order chi connectivity index (χ0) is 20.1. The second-order valence-corrected chi connectivity index (χ2v) is 11.2.